The maximum Gasteiger partial charge on any atom is 0.181 e. The van der Waals surface area contributed by atoms with Crippen molar-refractivity contribution in [3.8, 4) is 0 Å². The van der Waals surface area contributed by atoms with Crippen LogP contribution in [-0.4, -0.2) is 20.0 Å². The van der Waals surface area contributed by atoms with Gasteiger partial charge in [-0.2, -0.15) is 0 Å². The molecule has 5 rings (SSSR count). The molecule has 4 aromatic carbocycles. The molecule has 1 unspecified atom stereocenters. The lowest BCUT2D eigenvalue weighted by atomic mass is 10.1. The molecule has 5 aromatic rings. The van der Waals surface area contributed by atoms with Crippen molar-refractivity contribution in [2.75, 3.05) is 10.0 Å². The minimum atomic E-state index is -2.90. The van der Waals surface area contributed by atoms with Crippen molar-refractivity contribution in [3.05, 3.63) is 96.0 Å². The molecule has 2 N–H and O–H groups in total. The first-order chi connectivity index (χ1) is 15.5. The Morgan fingerprint density at radius 3 is 2.09 bits per heavy atom. The third-order valence-corrected chi connectivity index (χ3v) is 6.85. The van der Waals surface area contributed by atoms with E-state index < -0.39 is 9.71 Å². The van der Waals surface area contributed by atoms with Crippen LogP contribution in [0.4, 0.5) is 17.3 Å². The molecule has 5 nitrogen and oxygen atoms in total. The third kappa shape index (κ3) is 4.10. The normalized spacial score (nSPS) is 13.0. The molecule has 0 aliphatic rings. The highest BCUT2D eigenvalue weighted by Crippen LogP contribution is 2.29. The Balaban J connectivity index is 1.57. The summed E-state index contributed by atoms with van der Waals surface area (Å²) in [6, 6.07) is 28.5. The van der Waals surface area contributed by atoms with Crippen molar-refractivity contribution < 1.29 is 4.21 Å². The van der Waals surface area contributed by atoms with Crippen LogP contribution in [0.25, 0.3) is 21.8 Å². The van der Waals surface area contributed by atoms with Crippen LogP contribution in [0.15, 0.2) is 95.9 Å². The fourth-order valence-electron chi connectivity index (χ4n) is 3.43. The molecule has 1 atom stereocenters. The summed E-state index contributed by atoms with van der Waals surface area (Å²) in [6.45, 7) is 0. The van der Waals surface area contributed by atoms with Gasteiger partial charge in [0.2, 0.25) is 0 Å². The number of aromatic nitrogens is 2. The molecule has 0 spiro atoms. The summed E-state index contributed by atoms with van der Waals surface area (Å²) in [5.41, 5.74) is 2.26. The second-order valence-electron chi connectivity index (χ2n) is 7.33. The zero-order chi connectivity index (χ0) is 22.1. The summed E-state index contributed by atoms with van der Waals surface area (Å²) < 4.78 is 16.4. The first-order valence-corrected chi connectivity index (χ1v) is 12.0. The van der Waals surface area contributed by atoms with Gasteiger partial charge in [-0.3, -0.25) is 4.72 Å². The lowest BCUT2D eigenvalue weighted by Gasteiger charge is -2.17. The molecule has 0 saturated heterocycles. The predicted molar refractivity (Wildman–Crippen MR) is 135 cm³/mol. The number of benzene rings is 4. The zero-order valence-electron chi connectivity index (χ0n) is 17.0. The van der Waals surface area contributed by atoms with Gasteiger partial charge < -0.3 is 5.32 Å². The van der Waals surface area contributed by atoms with E-state index >= 15 is 0 Å². The second-order valence-corrected chi connectivity index (χ2v) is 9.79. The van der Waals surface area contributed by atoms with Crippen molar-refractivity contribution in [1.82, 2.24) is 9.97 Å². The lowest BCUT2D eigenvalue weighted by molar-refractivity contribution is 0.684. The molecule has 1 aromatic heterocycles. The predicted octanol–water partition coefficient (Wildman–Crippen LogP) is 6.28. The van der Waals surface area contributed by atoms with Gasteiger partial charge in [0.25, 0.3) is 0 Å². The van der Waals surface area contributed by atoms with Gasteiger partial charge in [0.15, 0.2) is 11.6 Å². The summed E-state index contributed by atoms with van der Waals surface area (Å²) in [4.78, 5) is 9.93. The molecule has 0 aliphatic carbocycles. The highest BCUT2D eigenvalue weighted by Gasteiger charge is 2.15. The summed E-state index contributed by atoms with van der Waals surface area (Å²) in [6.07, 6.45) is 0. The van der Waals surface area contributed by atoms with E-state index in [0.717, 1.165) is 22.0 Å². The fourth-order valence-corrected chi connectivity index (χ4v) is 4.71. The first kappa shape index (κ1) is 20.3. The van der Waals surface area contributed by atoms with E-state index in [9.17, 15) is 4.21 Å². The lowest BCUT2D eigenvalue weighted by Crippen LogP contribution is -2.15. The molecule has 1 heterocycles. The molecule has 0 saturated carbocycles. The highest BCUT2D eigenvalue weighted by molar-refractivity contribution is 8.01. The second kappa shape index (κ2) is 8.15. The van der Waals surface area contributed by atoms with Gasteiger partial charge in [-0.15, -0.1) is 0 Å². The smallest absolute Gasteiger partial charge is 0.181 e. The molecule has 7 heteroatoms. The van der Waals surface area contributed by atoms with Crippen LogP contribution >= 0.6 is 11.6 Å². The standard InChI is InChI=1S/C25H19ClN4OS/c1-32(31,21-14-11-19(26)12-15-21)30-25-24(28-22-8-4-5-9-23(22)29-25)27-20-13-10-17-6-2-3-7-18(17)16-20/h2-16H,1H2,(H,27,28)(H,29,30,31). The Hall–Kier alpha value is -3.61. The molecule has 0 aliphatic heterocycles. The van der Waals surface area contributed by atoms with E-state index in [0.29, 0.717) is 27.1 Å². The number of fused-ring (bicyclic) bond motifs is 2. The summed E-state index contributed by atoms with van der Waals surface area (Å²) in [7, 11) is -2.90. The monoisotopic (exact) mass is 458 g/mol. The largest absolute Gasteiger partial charge is 0.337 e. The fraction of sp³-hybridized carbons (Fsp3) is 0. The molecular formula is C25H19ClN4OS. The average Bonchev–Trinajstić information content (AvgIpc) is 2.79. The quantitative estimate of drug-likeness (QED) is 0.304. The molecule has 0 amide bonds. The van der Waals surface area contributed by atoms with Gasteiger partial charge in [-0.05, 0) is 65.2 Å². The maximum absolute atomic E-state index is 13.4. The first-order valence-electron chi connectivity index (χ1n) is 9.91. The number of nitrogens with zero attached hydrogens (tertiary/aromatic N) is 2. The van der Waals surface area contributed by atoms with Crippen LogP contribution in [0.2, 0.25) is 5.02 Å². The topological polar surface area (TPSA) is 66.9 Å². The maximum atomic E-state index is 13.4. The van der Waals surface area contributed by atoms with E-state index in [1.54, 1.807) is 24.3 Å². The van der Waals surface area contributed by atoms with Crippen LogP contribution in [0.5, 0.6) is 0 Å². The van der Waals surface area contributed by atoms with Crippen LogP contribution in [0.3, 0.4) is 0 Å². The van der Waals surface area contributed by atoms with Gasteiger partial charge in [0, 0.05) is 15.6 Å². The Morgan fingerprint density at radius 1 is 0.750 bits per heavy atom. The molecule has 0 radical (unpaired) electrons. The number of para-hydroxylation sites is 2. The summed E-state index contributed by atoms with van der Waals surface area (Å²) in [5.74, 6) is 4.73. The van der Waals surface area contributed by atoms with Gasteiger partial charge >= 0.3 is 0 Å². The number of rotatable bonds is 5. The van der Waals surface area contributed by atoms with Gasteiger partial charge in [0.1, 0.15) is 0 Å². The Kier molecular flexibility index (Phi) is 5.17. The van der Waals surface area contributed by atoms with E-state index in [1.165, 1.54) is 0 Å². The van der Waals surface area contributed by atoms with Crippen molar-refractivity contribution in [3.63, 3.8) is 0 Å². The summed E-state index contributed by atoms with van der Waals surface area (Å²) in [5, 5.41) is 6.14. The van der Waals surface area contributed by atoms with Crippen LogP contribution in [-0.2, 0) is 9.71 Å². The summed E-state index contributed by atoms with van der Waals surface area (Å²) >= 11 is 5.98. The number of nitrogens with one attached hydrogen (secondary N) is 2. The van der Waals surface area contributed by atoms with E-state index in [1.807, 2.05) is 54.6 Å². The zero-order valence-corrected chi connectivity index (χ0v) is 18.5. The minimum Gasteiger partial charge on any atom is -0.337 e. The Labute approximate surface area is 191 Å². The van der Waals surface area contributed by atoms with Gasteiger partial charge in [-0.1, -0.05) is 54.1 Å². The molecule has 32 heavy (non-hydrogen) atoms. The highest BCUT2D eigenvalue weighted by atomic mass is 35.5. The SMILES string of the molecule is C=S(=O)(Nc1nc2ccccc2nc1Nc1ccc2ccccc2c1)c1ccc(Cl)cc1. The van der Waals surface area contributed by atoms with Crippen LogP contribution < -0.4 is 10.0 Å². The van der Waals surface area contributed by atoms with Crippen molar-refractivity contribution in [2.45, 2.75) is 4.90 Å². The van der Waals surface area contributed by atoms with E-state index in [4.69, 9.17) is 16.6 Å². The van der Waals surface area contributed by atoms with Gasteiger partial charge in [0.05, 0.1) is 20.7 Å². The number of hydrogen-bond acceptors (Lipinski definition) is 4. The number of halogens is 1. The minimum absolute atomic E-state index is 0.354. The Bertz CT molecular complexity index is 1550. The molecule has 0 fully saturated rings. The Morgan fingerprint density at radius 2 is 1.38 bits per heavy atom. The number of anilines is 3. The van der Waals surface area contributed by atoms with E-state index in [2.05, 4.69) is 33.0 Å². The molecule has 0 bridgehead atoms. The molecular weight excluding hydrogens is 440 g/mol. The van der Waals surface area contributed by atoms with Gasteiger partial charge in [-0.25, -0.2) is 14.2 Å². The van der Waals surface area contributed by atoms with Crippen LogP contribution in [0, 0.1) is 0 Å². The van der Waals surface area contributed by atoms with E-state index in [-0.39, 0.29) is 0 Å². The van der Waals surface area contributed by atoms with Crippen LogP contribution in [0.1, 0.15) is 0 Å². The van der Waals surface area contributed by atoms with Crippen molar-refractivity contribution in [2.24, 2.45) is 0 Å². The average molecular weight is 459 g/mol. The molecule has 158 valence electrons. The number of hydrogen-bond donors (Lipinski definition) is 2. The van der Waals surface area contributed by atoms with Crippen molar-refractivity contribution in [1.29, 1.82) is 0 Å². The van der Waals surface area contributed by atoms with Crippen molar-refractivity contribution >= 4 is 66.3 Å². The third-order valence-electron chi connectivity index (χ3n) is 5.04.